The van der Waals surface area contributed by atoms with Gasteiger partial charge in [0.1, 0.15) is 5.84 Å². The van der Waals surface area contributed by atoms with Crippen LogP contribution >= 0.6 is 11.3 Å². The molecule has 4 N–H and O–H groups in total. The topological polar surface area (TPSA) is 61.9 Å². The van der Waals surface area contributed by atoms with E-state index in [2.05, 4.69) is 17.5 Å². The van der Waals surface area contributed by atoms with E-state index >= 15 is 0 Å². The molecule has 4 heteroatoms. The lowest BCUT2D eigenvalue weighted by atomic mass is 10.00. The van der Waals surface area contributed by atoms with Gasteiger partial charge in [-0.15, -0.1) is 11.3 Å². The molecular formula is C12H15N3S. The highest BCUT2D eigenvalue weighted by atomic mass is 32.1. The van der Waals surface area contributed by atoms with Gasteiger partial charge in [0.15, 0.2) is 0 Å². The number of allylic oxidation sites excluding steroid dienone is 1. The predicted molar refractivity (Wildman–Crippen MR) is 67.8 cm³/mol. The van der Waals surface area contributed by atoms with Gasteiger partial charge in [0, 0.05) is 11.4 Å². The van der Waals surface area contributed by atoms with Gasteiger partial charge >= 0.3 is 0 Å². The fourth-order valence-electron chi connectivity index (χ4n) is 2.62. The van der Waals surface area contributed by atoms with Gasteiger partial charge in [-0.2, -0.15) is 0 Å². The van der Waals surface area contributed by atoms with E-state index in [9.17, 15) is 0 Å². The molecule has 0 bridgehead atoms. The Morgan fingerprint density at radius 1 is 1.44 bits per heavy atom. The summed E-state index contributed by atoms with van der Waals surface area (Å²) in [6.45, 7) is 2.27. The molecule has 16 heavy (non-hydrogen) atoms. The Hall–Kier alpha value is -1.13. The van der Waals surface area contributed by atoms with Crippen LogP contribution in [-0.4, -0.2) is 18.9 Å². The van der Waals surface area contributed by atoms with Crippen LogP contribution in [0.2, 0.25) is 0 Å². The van der Waals surface area contributed by atoms with E-state index in [0.717, 1.165) is 29.8 Å². The van der Waals surface area contributed by atoms with E-state index < -0.39 is 0 Å². The molecule has 84 valence electrons. The van der Waals surface area contributed by atoms with E-state index in [1.54, 1.807) is 11.3 Å². The van der Waals surface area contributed by atoms with E-state index in [4.69, 9.17) is 11.1 Å². The number of rotatable bonds is 2. The largest absolute Gasteiger partial charge is 0.383 e. The van der Waals surface area contributed by atoms with Crippen molar-refractivity contribution < 1.29 is 0 Å². The lowest BCUT2D eigenvalue weighted by molar-refractivity contribution is 0.536. The fourth-order valence-corrected chi connectivity index (χ4v) is 3.52. The molecule has 0 spiro atoms. The SMILES string of the molecule is N=C(N)c1ccc(C2=CC3CNCC3C2)s1. The minimum Gasteiger partial charge on any atom is -0.383 e. The molecule has 0 radical (unpaired) electrons. The van der Waals surface area contributed by atoms with Crippen LogP contribution in [0.1, 0.15) is 16.2 Å². The normalized spacial score (nSPS) is 27.9. The third-order valence-electron chi connectivity index (χ3n) is 3.48. The molecule has 0 saturated carbocycles. The first-order valence-electron chi connectivity index (χ1n) is 5.60. The second kappa shape index (κ2) is 3.71. The van der Waals surface area contributed by atoms with E-state index in [1.807, 2.05) is 6.07 Å². The van der Waals surface area contributed by atoms with Crippen LogP contribution in [0.3, 0.4) is 0 Å². The molecule has 3 rings (SSSR count). The maximum absolute atomic E-state index is 7.40. The number of nitrogen functional groups attached to an aromatic ring is 1. The van der Waals surface area contributed by atoms with Crippen molar-refractivity contribution in [2.75, 3.05) is 13.1 Å². The first-order valence-corrected chi connectivity index (χ1v) is 6.41. The second-order valence-corrected chi connectivity index (χ2v) is 5.64. The molecule has 2 atom stereocenters. The Balaban J connectivity index is 1.85. The number of nitrogens with two attached hydrogens (primary N) is 1. The van der Waals surface area contributed by atoms with E-state index in [0.29, 0.717) is 0 Å². The van der Waals surface area contributed by atoms with Crippen LogP contribution in [0.5, 0.6) is 0 Å². The van der Waals surface area contributed by atoms with Gasteiger partial charge in [-0.1, -0.05) is 6.08 Å². The van der Waals surface area contributed by atoms with Crippen LogP contribution < -0.4 is 11.1 Å². The minimum absolute atomic E-state index is 0.178. The monoisotopic (exact) mass is 233 g/mol. The van der Waals surface area contributed by atoms with E-state index in [1.165, 1.54) is 16.9 Å². The van der Waals surface area contributed by atoms with Crippen LogP contribution in [0.15, 0.2) is 18.2 Å². The Morgan fingerprint density at radius 3 is 3.00 bits per heavy atom. The second-order valence-electron chi connectivity index (χ2n) is 4.56. The maximum Gasteiger partial charge on any atom is 0.133 e. The Kier molecular flexibility index (Phi) is 2.33. The van der Waals surface area contributed by atoms with Gasteiger partial charge in [0.05, 0.1) is 4.88 Å². The van der Waals surface area contributed by atoms with E-state index in [-0.39, 0.29) is 5.84 Å². The van der Waals surface area contributed by atoms with Crippen LogP contribution in [0.25, 0.3) is 5.57 Å². The van der Waals surface area contributed by atoms with Gasteiger partial charge in [0.2, 0.25) is 0 Å². The summed E-state index contributed by atoms with van der Waals surface area (Å²) in [6.07, 6.45) is 3.58. The molecule has 1 saturated heterocycles. The molecule has 0 aromatic carbocycles. The van der Waals surface area contributed by atoms with Crippen LogP contribution in [0.4, 0.5) is 0 Å². The maximum atomic E-state index is 7.40. The standard InChI is InChI=1S/C12H15N3S/c13-12(14)11-2-1-10(16-11)7-3-8-5-15-6-9(8)4-7/h1-3,8-9,15H,4-6H2,(H3,13,14). The van der Waals surface area contributed by atoms with Crippen molar-refractivity contribution in [3.8, 4) is 0 Å². The molecule has 1 aliphatic carbocycles. The summed E-state index contributed by atoms with van der Waals surface area (Å²) in [6, 6.07) is 4.05. The van der Waals surface area contributed by atoms with Crippen molar-refractivity contribution in [3.05, 3.63) is 28.0 Å². The molecule has 2 unspecified atom stereocenters. The van der Waals surface area contributed by atoms with Crippen molar-refractivity contribution in [2.45, 2.75) is 6.42 Å². The highest BCUT2D eigenvalue weighted by molar-refractivity contribution is 7.15. The van der Waals surface area contributed by atoms with Crippen molar-refractivity contribution in [1.82, 2.24) is 5.32 Å². The number of hydrogen-bond donors (Lipinski definition) is 3. The summed E-state index contributed by atoms with van der Waals surface area (Å²) in [4.78, 5) is 2.17. The number of fused-ring (bicyclic) bond motifs is 1. The highest BCUT2D eigenvalue weighted by Crippen LogP contribution is 2.40. The predicted octanol–water partition coefficient (Wildman–Crippen LogP) is 1.65. The number of nitrogens with one attached hydrogen (secondary N) is 2. The molecule has 0 amide bonds. The quantitative estimate of drug-likeness (QED) is 0.537. The smallest absolute Gasteiger partial charge is 0.133 e. The first-order chi connectivity index (χ1) is 7.74. The van der Waals surface area contributed by atoms with Crippen molar-refractivity contribution in [3.63, 3.8) is 0 Å². The lowest BCUT2D eigenvalue weighted by Gasteiger charge is -2.04. The Labute approximate surface area is 98.9 Å². The third kappa shape index (κ3) is 1.58. The highest BCUT2D eigenvalue weighted by Gasteiger charge is 2.32. The van der Waals surface area contributed by atoms with Crippen molar-refractivity contribution in [2.24, 2.45) is 17.6 Å². The molecule has 1 fully saturated rings. The van der Waals surface area contributed by atoms with Gasteiger partial charge in [-0.05, 0) is 42.5 Å². The Morgan fingerprint density at radius 2 is 2.31 bits per heavy atom. The molecule has 1 aromatic rings. The molecule has 1 aromatic heterocycles. The summed E-state index contributed by atoms with van der Waals surface area (Å²) in [7, 11) is 0. The summed E-state index contributed by atoms with van der Waals surface area (Å²) in [5.41, 5.74) is 6.93. The zero-order valence-electron chi connectivity index (χ0n) is 8.99. The number of hydrogen-bond acceptors (Lipinski definition) is 3. The van der Waals surface area contributed by atoms with Crippen molar-refractivity contribution >= 4 is 22.7 Å². The van der Waals surface area contributed by atoms with Gasteiger partial charge in [-0.25, -0.2) is 0 Å². The van der Waals surface area contributed by atoms with Gasteiger partial charge < -0.3 is 11.1 Å². The molecule has 2 aliphatic rings. The molecular weight excluding hydrogens is 218 g/mol. The summed E-state index contributed by atoms with van der Waals surface area (Å²) < 4.78 is 0. The molecule has 3 nitrogen and oxygen atoms in total. The number of amidine groups is 1. The van der Waals surface area contributed by atoms with Crippen LogP contribution in [0, 0.1) is 17.2 Å². The average molecular weight is 233 g/mol. The zero-order valence-corrected chi connectivity index (χ0v) is 9.81. The summed E-state index contributed by atoms with van der Waals surface area (Å²) in [5.74, 6) is 1.69. The number of thiophene rings is 1. The van der Waals surface area contributed by atoms with Crippen LogP contribution in [-0.2, 0) is 0 Å². The molecule has 1 aliphatic heterocycles. The third-order valence-corrected chi connectivity index (χ3v) is 4.67. The fraction of sp³-hybridized carbons (Fsp3) is 0.417. The Bertz CT molecular complexity index is 461. The van der Waals surface area contributed by atoms with Crippen molar-refractivity contribution in [1.29, 1.82) is 5.41 Å². The zero-order chi connectivity index (χ0) is 11.1. The summed E-state index contributed by atoms with van der Waals surface area (Å²) >= 11 is 1.64. The minimum atomic E-state index is 0.178. The van der Waals surface area contributed by atoms with Gasteiger partial charge in [0.25, 0.3) is 0 Å². The lowest BCUT2D eigenvalue weighted by Crippen LogP contribution is -2.09. The summed E-state index contributed by atoms with van der Waals surface area (Å²) in [5, 5.41) is 10.8. The average Bonchev–Trinajstić information content (AvgIpc) is 2.91. The first kappa shape index (κ1) is 10.1. The van der Waals surface area contributed by atoms with Gasteiger partial charge in [-0.3, -0.25) is 5.41 Å². The molecule has 2 heterocycles.